The number of aromatic nitrogens is 1. The molecule has 0 amide bonds. The van der Waals surface area contributed by atoms with Gasteiger partial charge in [0.05, 0.1) is 0 Å². The Morgan fingerprint density at radius 3 is 2.21 bits per heavy atom. The Morgan fingerprint density at radius 1 is 0.833 bits per heavy atom. The molecule has 0 bridgehead atoms. The number of esters is 1. The van der Waals surface area contributed by atoms with Crippen molar-refractivity contribution in [2.45, 2.75) is 13.2 Å². The molecule has 4 heteroatoms. The summed E-state index contributed by atoms with van der Waals surface area (Å²) in [6, 6.07) is 22.7. The fourth-order valence-electron chi connectivity index (χ4n) is 2.36. The van der Waals surface area contributed by atoms with Gasteiger partial charge in [0.25, 0.3) is 5.56 Å². The molecule has 0 unspecified atom stereocenters. The molecule has 120 valence electrons. The predicted molar refractivity (Wildman–Crippen MR) is 92.4 cm³/mol. The summed E-state index contributed by atoms with van der Waals surface area (Å²) in [6.07, 6.45) is 1.57. The molecule has 0 aliphatic rings. The summed E-state index contributed by atoms with van der Waals surface area (Å²) in [5.41, 5.74) is 2.94. The molecule has 0 aliphatic carbocycles. The van der Waals surface area contributed by atoms with E-state index in [1.807, 2.05) is 54.6 Å². The number of hydrogen-bond donors (Lipinski definition) is 0. The van der Waals surface area contributed by atoms with E-state index in [-0.39, 0.29) is 18.7 Å². The van der Waals surface area contributed by atoms with Gasteiger partial charge in [0.15, 0.2) is 0 Å². The van der Waals surface area contributed by atoms with Gasteiger partial charge in [-0.3, -0.25) is 9.59 Å². The molecule has 3 rings (SSSR count). The van der Waals surface area contributed by atoms with Crippen LogP contribution in [0.4, 0.5) is 0 Å². The molecule has 3 aromatic rings. The number of carbonyl (C=O) groups is 1. The van der Waals surface area contributed by atoms with Crippen molar-refractivity contribution in [3.05, 3.63) is 94.9 Å². The fraction of sp³-hybridized carbons (Fsp3) is 0.100. The summed E-state index contributed by atoms with van der Waals surface area (Å²) in [5.74, 6) is -0.435. The maximum Gasteiger partial charge on any atom is 0.326 e. The molecule has 0 N–H and O–H groups in total. The van der Waals surface area contributed by atoms with Crippen LogP contribution in [0.3, 0.4) is 0 Å². The monoisotopic (exact) mass is 319 g/mol. The number of benzene rings is 2. The van der Waals surface area contributed by atoms with Gasteiger partial charge >= 0.3 is 5.97 Å². The first-order valence-corrected chi connectivity index (χ1v) is 7.68. The van der Waals surface area contributed by atoms with E-state index in [1.54, 1.807) is 18.3 Å². The molecular formula is C20H17NO3. The molecular weight excluding hydrogens is 302 g/mol. The summed E-state index contributed by atoms with van der Waals surface area (Å²) in [6.45, 7) is 0.108. The minimum atomic E-state index is -0.435. The first-order chi connectivity index (χ1) is 11.7. The van der Waals surface area contributed by atoms with Crippen molar-refractivity contribution in [1.82, 2.24) is 4.57 Å². The van der Waals surface area contributed by atoms with Crippen LogP contribution >= 0.6 is 0 Å². The molecule has 1 heterocycles. The van der Waals surface area contributed by atoms with Gasteiger partial charge in [0.1, 0.15) is 13.2 Å². The largest absolute Gasteiger partial charge is 0.459 e. The van der Waals surface area contributed by atoms with Crippen LogP contribution in [0.25, 0.3) is 11.1 Å². The minimum absolute atomic E-state index is 0.0816. The molecule has 0 saturated heterocycles. The zero-order valence-corrected chi connectivity index (χ0v) is 13.1. The van der Waals surface area contributed by atoms with Gasteiger partial charge in [0, 0.05) is 12.3 Å². The van der Waals surface area contributed by atoms with E-state index in [0.29, 0.717) is 0 Å². The molecule has 0 aliphatic heterocycles. The van der Waals surface area contributed by atoms with Gasteiger partial charge in [-0.1, -0.05) is 60.7 Å². The first kappa shape index (κ1) is 15.7. The Morgan fingerprint density at radius 2 is 1.50 bits per heavy atom. The van der Waals surface area contributed by atoms with Crippen LogP contribution in [0.15, 0.2) is 83.8 Å². The molecule has 2 aromatic carbocycles. The summed E-state index contributed by atoms with van der Waals surface area (Å²) in [7, 11) is 0. The number of nitrogens with zero attached hydrogens (tertiary/aromatic N) is 1. The van der Waals surface area contributed by atoms with Gasteiger partial charge < -0.3 is 9.30 Å². The second-order valence-electron chi connectivity index (χ2n) is 5.39. The molecule has 24 heavy (non-hydrogen) atoms. The van der Waals surface area contributed by atoms with Gasteiger partial charge in [-0.15, -0.1) is 0 Å². The highest BCUT2D eigenvalue weighted by Crippen LogP contribution is 2.19. The number of carbonyl (C=O) groups excluding carboxylic acids is 1. The zero-order chi connectivity index (χ0) is 16.8. The first-order valence-electron chi connectivity index (χ1n) is 7.68. The average Bonchev–Trinajstić information content (AvgIpc) is 2.63. The molecule has 1 aromatic heterocycles. The minimum Gasteiger partial charge on any atom is -0.459 e. The molecule has 0 radical (unpaired) electrons. The summed E-state index contributed by atoms with van der Waals surface area (Å²) >= 11 is 0. The Hall–Kier alpha value is -3.14. The second-order valence-corrected chi connectivity index (χ2v) is 5.39. The summed E-state index contributed by atoms with van der Waals surface area (Å²) in [4.78, 5) is 23.4. The lowest BCUT2D eigenvalue weighted by atomic mass is 10.0. The van der Waals surface area contributed by atoms with E-state index >= 15 is 0 Å². The Bertz CT molecular complexity index is 867. The fourth-order valence-corrected chi connectivity index (χ4v) is 2.36. The third-order valence-electron chi connectivity index (χ3n) is 3.66. The lowest BCUT2D eigenvalue weighted by molar-refractivity contribution is -0.145. The molecule has 4 nitrogen and oxygen atoms in total. The zero-order valence-electron chi connectivity index (χ0n) is 13.1. The van der Waals surface area contributed by atoms with Crippen LogP contribution in [0.2, 0.25) is 0 Å². The maximum atomic E-state index is 11.8. The maximum absolute atomic E-state index is 11.8. The lowest BCUT2D eigenvalue weighted by Crippen LogP contribution is -2.23. The summed E-state index contributed by atoms with van der Waals surface area (Å²) in [5, 5.41) is 0. The summed E-state index contributed by atoms with van der Waals surface area (Å²) < 4.78 is 6.55. The quantitative estimate of drug-likeness (QED) is 0.678. The van der Waals surface area contributed by atoms with Gasteiger partial charge in [-0.05, 0) is 22.8 Å². The molecule has 0 atom stereocenters. The number of pyridine rings is 1. The third-order valence-corrected chi connectivity index (χ3v) is 3.66. The van der Waals surface area contributed by atoms with Crippen molar-refractivity contribution in [1.29, 1.82) is 0 Å². The molecule has 0 saturated carbocycles. The number of hydrogen-bond acceptors (Lipinski definition) is 3. The highest BCUT2D eigenvalue weighted by molar-refractivity contribution is 5.69. The van der Waals surface area contributed by atoms with Crippen LogP contribution in [-0.2, 0) is 22.7 Å². The van der Waals surface area contributed by atoms with Crippen LogP contribution in [-0.4, -0.2) is 10.5 Å². The highest BCUT2D eigenvalue weighted by atomic mass is 16.5. The van der Waals surface area contributed by atoms with E-state index in [0.717, 1.165) is 16.7 Å². The van der Waals surface area contributed by atoms with E-state index in [9.17, 15) is 9.59 Å². The lowest BCUT2D eigenvalue weighted by Gasteiger charge is -2.08. The van der Waals surface area contributed by atoms with Crippen molar-refractivity contribution in [3.8, 4) is 11.1 Å². The number of ether oxygens (including phenoxy) is 1. The van der Waals surface area contributed by atoms with Crippen molar-refractivity contribution in [2.75, 3.05) is 0 Å². The van der Waals surface area contributed by atoms with Crippen LogP contribution < -0.4 is 5.56 Å². The van der Waals surface area contributed by atoms with Crippen molar-refractivity contribution in [2.24, 2.45) is 0 Å². The van der Waals surface area contributed by atoms with Gasteiger partial charge in [-0.25, -0.2) is 0 Å². The van der Waals surface area contributed by atoms with Crippen molar-refractivity contribution in [3.63, 3.8) is 0 Å². The Labute approximate surface area is 140 Å². The van der Waals surface area contributed by atoms with Gasteiger partial charge in [-0.2, -0.15) is 0 Å². The van der Waals surface area contributed by atoms with Crippen molar-refractivity contribution < 1.29 is 9.53 Å². The van der Waals surface area contributed by atoms with Crippen molar-refractivity contribution >= 4 is 5.97 Å². The third kappa shape index (κ3) is 3.98. The Balaban J connectivity index is 1.58. The van der Waals surface area contributed by atoms with E-state index in [1.165, 1.54) is 10.6 Å². The van der Waals surface area contributed by atoms with E-state index in [2.05, 4.69) is 0 Å². The SMILES string of the molecule is O=C(Cn1ccccc1=O)OCc1ccc(-c2ccccc2)cc1. The Kier molecular flexibility index (Phi) is 4.87. The second kappa shape index (κ2) is 7.42. The van der Waals surface area contributed by atoms with Crippen LogP contribution in [0.1, 0.15) is 5.56 Å². The topological polar surface area (TPSA) is 48.3 Å². The smallest absolute Gasteiger partial charge is 0.326 e. The van der Waals surface area contributed by atoms with Gasteiger partial charge in [0.2, 0.25) is 0 Å². The van der Waals surface area contributed by atoms with Crippen LogP contribution in [0, 0.1) is 0 Å². The predicted octanol–water partition coefficient (Wildman–Crippen LogP) is 3.26. The average molecular weight is 319 g/mol. The van der Waals surface area contributed by atoms with E-state index in [4.69, 9.17) is 4.74 Å². The normalized spacial score (nSPS) is 10.3. The van der Waals surface area contributed by atoms with Crippen LogP contribution in [0.5, 0.6) is 0 Å². The van der Waals surface area contributed by atoms with E-state index < -0.39 is 5.97 Å². The highest BCUT2D eigenvalue weighted by Gasteiger charge is 2.06. The number of rotatable bonds is 5. The molecule has 0 fully saturated rings. The standard InChI is InChI=1S/C20H17NO3/c22-19-8-4-5-13-21(19)14-20(23)24-15-16-9-11-18(12-10-16)17-6-2-1-3-7-17/h1-13H,14-15H2. The molecule has 0 spiro atoms.